The summed E-state index contributed by atoms with van der Waals surface area (Å²) in [6.45, 7) is 4.38. The molecule has 0 aliphatic carbocycles. The molecule has 1 heterocycles. The zero-order valence-electron chi connectivity index (χ0n) is 9.90. The van der Waals surface area contributed by atoms with Crippen molar-refractivity contribution in [1.82, 2.24) is 4.98 Å². The van der Waals surface area contributed by atoms with Gasteiger partial charge in [0.2, 0.25) is 0 Å². The van der Waals surface area contributed by atoms with Crippen LogP contribution in [0.5, 0.6) is 0 Å². The third-order valence-corrected chi connectivity index (χ3v) is 2.91. The van der Waals surface area contributed by atoms with Crippen LogP contribution in [-0.4, -0.2) is 4.98 Å². The van der Waals surface area contributed by atoms with Crippen LogP contribution in [0.4, 0.5) is 0 Å². The maximum atomic E-state index is 4.53. The second-order valence-electron chi connectivity index (χ2n) is 3.91. The van der Waals surface area contributed by atoms with Crippen LogP contribution < -0.4 is 0 Å². The second kappa shape index (κ2) is 4.93. The predicted octanol–water partition coefficient (Wildman–Crippen LogP) is 3.87. The van der Waals surface area contributed by atoms with Crippen LogP contribution >= 0.6 is 0 Å². The minimum Gasteiger partial charge on any atom is -0.256 e. The van der Waals surface area contributed by atoms with Gasteiger partial charge in [0.1, 0.15) is 0 Å². The molecule has 0 saturated carbocycles. The standard InChI is InChI=1S/C15H17N/c1-3-12-10-15(16-11-13(12)4-2)14-8-6-5-7-9-14/h5-11H,3-4H2,1-2H3. The Hall–Kier alpha value is -1.63. The van der Waals surface area contributed by atoms with Gasteiger partial charge in [0.25, 0.3) is 0 Å². The third-order valence-electron chi connectivity index (χ3n) is 2.91. The molecule has 0 N–H and O–H groups in total. The van der Waals surface area contributed by atoms with E-state index in [4.69, 9.17) is 0 Å². The summed E-state index contributed by atoms with van der Waals surface area (Å²) in [5.74, 6) is 0. The summed E-state index contributed by atoms with van der Waals surface area (Å²) in [5.41, 5.74) is 5.05. The lowest BCUT2D eigenvalue weighted by molar-refractivity contribution is 1.01. The van der Waals surface area contributed by atoms with Crippen LogP contribution in [-0.2, 0) is 12.8 Å². The largest absolute Gasteiger partial charge is 0.256 e. The molecule has 2 rings (SSSR count). The molecule has 0 amide bonds. The van der Waals surface area contributed by atoms with Crippen molar-refractivity contribution in [3.8, 4) is 11.3 Å². The minimum absolute atomic E-state index is 1.06. The molecule has 1 aromatic heterocycles. The average Bonchev–Trinajstić information content (AvgIpc) is 2.39. The van der Waals surface area contributed by atoms with E-state index in [9.17, 15) is 0 Å². The minimum atomic E-state index is 1.06. The van der Waals surface area contributed by atoms with Crippen molar-refractivity contribution in [2.45, 2.75) is 26.7 Å². The Labute approximate surface area is 97.2 Å². The Bertz CT molecular complexity index is 460. The molecule has 1 heteroatoms. The van der Waals surface area contributed by atoms with Gasteiger partial charge in [-0.15, -0.1) is 0 Å². The SMILES string of the molecule is CCc1cnc(-c2ccccc2)cc1CC. The summed E-state index contributed by atoms with van der Waals surface area (Å²) in [6.07, 6.45) is 4.15. The molecule has 0 atom stereocenters. The van der Waals surface area contributed by atoms with Crippen molar-refractivity contribution >= 4 is 0 Å². The van der Waals surface area contributed by atoms with Crippen LogP contribution in [0.1, 0.15) is 25.0 Å². The summed E-state index contributed by atoms with van der Waals surface area (Å²) in [6, 6.07) is 12.6. The first-order chi connectivity index (χ1) is 7.85. The molecule has 0 bridgehead atoms. The van der Waals surface area contributed by atoms with Gasteiger partial charge in [0.15, 0.2) is 0 Å². The quantitative estimate of drug-likeness (QED) is 0.751. The second-order valence-corrected chi connectivity index (χ2v) is 3.91. The van der Waals surface area contributed by atoms with Crippen LogP contribution in [0.3, 0.4) is 0 Å². The highest BCUT2D eigenvalue weighted by molar-refractivity contribution is 5.60. The molecular weight excluding hydrogens is 194 g/mol. The lowest BCUT2D eigenvalue weighted by atomic mass is 10.0. The molecule has 0 aliphatic rings. The first-order valence-corrected chi connectivity index (χ1v) is 5.88. The van der Waals surface area contributed by atoms with Gasteiger partial charge in [-0.1, -0.05) is 44.2 Å². The molecular formula is C15H17N. The van der Waals surface area contributed by atoms with Crippen LogP contribution in [0.2, 0.25) is 0 Å². The summed E-state index contributed by atoms with van der Waals surface area (Å²) in [4.78, 5) is 4.53. The molecule has 0 saturated heterocycles. The van der Waals surface area contributed by atoms with E-state index in [1.165, 1.54) is 16.7 Å². The highest BCUT2D eigenvalue weighted by Crippen LogP contribution is 2.20. The number of aromatic nitrogens is 1. The van der Waals surface area contributed by atoms with Gasteiger partial charge in [0, 0.05) is 11.8 Å². The topological polar surface area (TPSA) is 12.9 Å². The molecule has 16 heavy (non-hydrogen) atoms. The van der Waals surface area contributed by atoms with E-state index >= 15 is 0 Å². The van der Waals surface area contributed by atoms with E-state index in [2.05, 4.69) is 49.2 Å². The zero-order chi connectivity index (χ0) is 11.4. The number of benzene rings is 1. The Balaban J connectivity index is 2.44. The number of hydrogen-bond donors (Lipinski definition) is 0. The number of pyridine rings is 1. The van der Waals surface area contributed by atoms with Gasteiger partial charge in [-0.25, -0.2) is 0 Å². The van der Waals surface area contributed by atoms with Crippen molar-refractivity contribution in [3.63, 3.8) is 0 Å². The zero-order valence-corrected chi connectivity index (χ0v) is 9.90. The Kier molecular flexibility index (Phi) is 3.35. The van der Waals surface area contributed by atoms with Gasteiger partial charge in [-0.2, -0.15) is 0 Å². The summed E-state index contributed by atoms with van der Waals surface area (Å²) in [5, 5.41) is 0. The van der Waals surface area contributed by atoms with Crippen LogP contribution in [0, 0.1) is 0 Å². The lowest BCUT2D eigenvalue weighted by Crippen LogP contribution is -1.94. The van der Waals surface area contributed by atoms with Crippen molar-refractivity contribution in [3.05, 3.63) is 53.7 Å². The molecule has 0 radical (unpaired) electrons. The van der Waals surface area contributed by atoms with E-state index in [1.807, 2.05) is 12.3 Å². The van der Waals surface area contributed by atoms with Gasteiger partial charge in [0.05, 0.1) is 5.69 Å². The smallest absolute Gasteiger partial charge is 0.0704 e. The molecule has 2 aromatic rings. The maximum absolute atomic E-state index is 4.53. The molecule has 0 spiro atoms. The van der Waals surface area contributed by atoms with Crippen molar-refractivity contribution in [2.75, 3.05) is 0 Å². The van der Waals surface area contributed by atoms with Crippen molar-refractivity contribution in [1.29, 1.82) is 0 Å². The first kappa shape index (κ1) is 10.9. The van der Waals surface area contributed by atoms with Gasteiger partial charge < -0.3 is 0 Å². The Morgan fingerprint density at radius 2 is 1.62 bits per heavy atom. The lowest BCUT2D eigenvalue weighted by Gasteiger charge is -2.08. The molecule has 1 nitrogen and oxygen atoms in total. The van der Waals surface area contributed by atoms with Gasteiger partial charge in [-0.05, 0) is 30.0 Å². The Morgan fingerprint density at radius 3 is 2.25 bits per heavy atom. The Morgan fingerprint density at radius 1 is 0.938 bits per heavy atom. The average molecular weight is 211 g/mol. The number of aryl methyl sites for hydroxylation is 2. The highest BCUT2D eigenvalue weighted by Gasteiger charge is 2.03. The maximum Gasteiger partial charge on any atom is 0.0704 e. The van der Waals surface area contributed by atoms with Crippen molar-refractivity contribution in [2.24, 2.45) is 0 Å². The van der Waals surface area contributed by atoms with E-state index in [-0.39, 0.29) is 0 Å². The summed E-state index contributed by atoms with van der Waals surface area (Å²) >= 11 is 0. The molecule has 1 aromatic carbocycles. The van der Waals surface area contributed by atoms with Crippen LogP contribution in [0.25, 0.3) is 11.3 Å². The third kappa shape index (κ3) is 2.13. The number of hydrogen-bond acceptors (Lipinski definition) is 1. The molecule has 0 fully saturated rings. The van der Waals surface area contributed by atoms with E-state index in [1.54, 1.807) is 0 Å². The monoisotopic (exact) mass is 211 g/mol. The van der Waals surface area contributed by atoms with Crippen molar-refractivity contribution < 1.29 is 0 Å². The summed E-state index contributed by atoms with van der Waals surface area (Å²) in [7, 11) is 0. The number of rotatable bonds is 3. The van der Waals surface area contributed by atoms with E-state index < -0.39 is 0 Å². The van der Waals surface area contributed by atoms with E-state index in [0.29, 0.717) is 0 Å². The number of nitrogens with zero attached hydrogens (tertiary/aromatic N) is 1. The van der Waals surface area contributed by atoms with E-state index in [0.717, 1.165) is 18.5 Å². The summed E-state index contributed by atoms with van der Waals surface area (Å²) < 4.78 is 0. The van der Waals surface area contributed by atoms with Gasteiger partial charge in [-0.3, -0.25) is 4.98 Å². The first-order valence-electron chi connectivity index (χ1n) is 5.88. The fourth-order valence-corrected chi connectivity index (χ4v) is 1.94. The predicted molar refractivity (Wildman–Crippen MR) is 68.4 cm³/mol. The fourth-order valence-electron chi connectivity index (χ4n) is 1.94. The molecule has 0 unspecified atom stereocenters. The molecule has 82 valence electrons. The van der Waals surface area contributed by atoms with Crippen LogP contribution in [0.15, 0.2) is 42.6 Å². The van der Waals surface area contributed by atoms with Gasteiger partial charge >= 0.3 is 0 Å². The molecule has 0 aliphatic heterocycles. The highest BCUT2D eigenvalue weighted by atomic mass is 14.7. The normalized spacial score (nSPS) is 10.4. The fraction of sp³-hybridized carbons (Fsp3) is 0.267.